The van der Waals surface area contributed by atoms with Crippen LogP contribution >= 0.6 is 11.3 Å². The van der Waals surface area contributed by atoms with Crippen molar-refractivity contribution in [2.45, 2.75) is 13.8 Å². The van der Waals surface area contributed by atoms with E-state index >= 15 is 0 Å². The van der Waals surface area contributed by atoms with E-state index in [4.69, 9.17) is 4.74 Å². The summed E-state index contributed by atoms with van der Waals surface area (Å²) in [6.45, 7) is 4.56. The Morgan fingerprint density at radius 2 is 2.12 bits per heavy atom. The molecule has 0 bridgehead atoms. The molecular weight excluding hydrogens is 232 g/mol. The summed E-state index contributed by atoms with van der Waals surface area (Å²) in [5.74, 6) is 0.658. The second kappa shape index (κ2) is 5.15. The first-order chi connectivity index (χ1) is 8.24. The third-order valence-electron chi connectivity index (χ3n) is 2.47. The molecule has 1 aromatic carbocycles. The quantitative estimate of drug-likeness (QED) is 0.764. The fourth-order valence-electron chi connectivity index (χ4n) is 1.66. The Bertz CT molecular complexity index is 529. The maximum absolute atomic E-state index is 10.9. The van der Waals surface area contributed by atoms with E-state index in [-0.39, 0.29) is 0 Å². The van der Waals surface area contributed by atoms with Crippen LogP contribution in [-0.2, 0) is 0 Å². The van der Waals surface area contributed by atoms with Crippen LogP contribution in [0, 0.1) is 6.92 Å². The summed E-state index contributed by atoms with van der Waals surface area (Å²) >= 11 is 1.74. The van der Waals surface area contributed by atoms with Gasteiger partial charge in [0.25, 0.3) is 0 Å². The number of benzene rings is 1. The van der Waals surface area contributed by atoms with E-state index in [9.17, 15) is 4.79 Å². The molecule has 0 aliphatic heterocycles. The van der Waals surface area contributed by atoms with Crippen molar-refractivity contribution in [1.82, 2.24) is 0 Å². The fourth-order valence-corrected chi connectivity index (χ4v) is 2.52. The second-order valence-electron chi connectivity index (χ2n) is 3.71. The van der Waals surface area contributed by atoms with Crippen LogP contribution in [0.5, 0.6) is 5.75 Å². The number of carbonyl (C=O) groups is 1. The van der Waals surface area contributed by atoms with Crippen molar-refractivity contribution < 1.29 is 9.53 Å². The summed E-state index contributed by atoms with van der Waals surface area (Å²) in [7, 11) is 0. The molecule has 2 nitrogen and oxygen atoms in total. The second-order valence-corrected chi connectivity index (χ2v) is 5.00. The molecule has 0 aliphatic rings. The number of ether oxygens (including phenoxy) is 1. The zero-order valence-corrected chi connectivity index (χ0v) is 10.7. The van der Waals surface area contributed by atoms with Gasteiger partial charge in [0.2, 0.25) is 0 Å². The summed E-state index contributed by atoms with van der Waals surface area (Å²) < 4.78 is 5.47. The van der Waals surface area contributed by atoms with Crippen LogP contribution < -0.4 is 4.74 Å². The average molecular weight is 246 g/mol. The standard InChI is InChI=1S/C14H14O2S/c1-3-16-13-8-11(5-6-12(13)9-15)14-7-4-10(2)17-14/h4-9H,3H2,1-2H3. The van der Waals surface area contributed by atoms with Gasteiger partial charge < -0.3 is 4.74 Å². The highest BCUT2D eigenvalue weighted by molar-refractivity contribution is 7.15. The number of aryl methyl sites for hydroxylation is 1. The molecule has 0 saturated carbocycles. The van der Waals surface area contributed by atoms with Gasteiger partial charge >= 0.3 is 0 Å². The Morgan fingerprint density at radius 1 is 1.29 bits per heavy atom. The highest BCUT2D eigenvalue weighted by Gasteiger charge is 2.07. The summed E-state index contributed by atoms with van der Waals surface area (Å²) in [5.41, 5.74) is 1.70. The third kappa shape index (κ3) is 2.56. The van der Waals surface area contributed by atoms with Crippen molar-refractivity contribution in [1.29, 1.82) is 0 Å². The Hall–Kier alpha value is -1.61. The van der Waals surface area contributed by atoms with E-state index in [1.165, 1.54) is 9.75 Å². The Balaban J connectivity index is 2.42. The minimum Gasteiger partial charge on any atom is -0.493 e. The monoisotopic (exact) mass is 246 g/mol. The van der Waals surface area contributed by atoms with Crippen LogP contribution in [0.1, 0.15) is 22.2 Å². The van der Waals surface area contributed by atoms with Gasteiger partial charge in [-0.05, 0) is 43.7 Å². The van der Waals surface area contributed by atoms with Gasteiger partial charge in [0.15, 0.2) is 6.29 Å². The van der Waals surface area contributed by atoms with Crippen molar-refractivity contribution in [2.24, 2.45) is 0 Å². The lowest BCUT2D eigenvalue weighted by Crippen LogP contribution is -1.96. The van der Waals surface area contributed by atoms with Crippen molar-refractivity contribution >= 4 is 17.6 Å². The topological polar surface area (TPSA) is 26.3 Å². The molecular formula is C14H14O2S. The molecule has 0 spiro atoms. The molecule has 0 unspecified atom stereocenters. The molecule has 0 atom stereocenters. The molecule has 2 aromatic rings. The molecule has 0 amide bonds. The zero-order valence-electron chi connectivity index (χ0n) is 9.90. The van der Waals surface area contributed by atoms with Gasteiger partial charge in [-0.1, -0.05) is 6.07 Å². The normalized spacial score (nSPS) is 10.2. The van der Waals surface area contributed by atoms with E-state index in [0.29, 0.717) is 17.9 Å². The summed E-state index contributed by atoms with van der Waals surface area (Å²) in [5, 5.41) is 0. The first-order valence-electron chi connectivity index (χ1n) is 5.53. The minimum atomic E-state index is 0.563. The lowest BCUT2D eigenvalue weighted by atomic mass is 10.1. The van der Waals surface area contributed by atoms with Crippen molar-refractivity contribution in [3.8, 4) is 16.2 Å². The Kier molecular flexibility index (Phi) is 3.59. The van der Waals surface area contributed by atoms with E-state index in [1.54, 1.807) is 11.3 Å². The maximum atomic E-state index is 10.9. The van der Waals surface area contributed by atoms with Gasteiger partial charge in [0, 0.05) is 9.75 Å². The number of carbonyl (C=O) groups excluding carboxylic acids is 1. The number of aldehydes is 1. The van der Waals surface area contributed by atoms with Crippen LogP contribution in [0.15, 0.2) is 30.3 Å². The van der Waals surface area contributed by atoms with Crippen molar-refractivity contribution in [2.75, 3.05) is 6.61 Å². The zero-order chi connectivity index (χ0) is 12.3. The van der Waals surface area contributed by atoms with Gasteiger partial charge in [-0.25, -0.2) is 0 Å². The lowest BCUT2D eigenvalue weighted by Gasteiger charge is -2.07. The lowest BCUT2D eigenvalue weighted by molar-refractivity contribution is 0.112. The highest BCUT2D eigenvalue weighted by Crippen LogP contribution is 2.31. The van der Waals surface area contributed by atoms with Gasteiger partial charge in [-0.3, -0.25) is 4.79 Å². The van der Waals surface area contributed by atoms with E-state index in [1.807, 2.05) is 25.1 Å². The fraction of sp³-hybridized carbons (Fsp3) is 0.214. The average Bonchev–Trinajstić information content (AvgIpc) is 2.76. The molecule has 3 heteroatoms. The smallest absolute Gasteiger partial charge is 0.153 e. The predicted octanol–water partition coefficient (Wildman–Crippen LogP) is 3.93. The minimum absolute atomic E-state index is 0.563. The number of thiophene rings is 1. The predicted molar refractivity (Wildman–Crippen MR) is 71.0 cm³/mol. The van der Waals surface area contributed by atoms with Crippen LogP contribution in [-0.4, -0.2) is 12.9 Å². The summed E-state index contributed by atoms with van der Waals surface area (Å²) in [6, 6.07) is 9.87. The maximum Gasteiger partial charge on any atom is 0.153 e. The SMILES string of the molecule is CCOc1cc(-c2ccc(C)s2)ccc1C=O. The molecule has 0 saturated heterocycles. The van der Waals surface area contributed by atoms with Crippen LogP contribution in [0.2, 0.25) is 0 Å². The molecule has 0 aliphatic carbocycles. The first-order valence-corrected chi connectivity index (χ1v) is 6.35. The van der Waals surface area contributed by atoms with Crippen molar-refractivity contribution in [3.05, 3.63) is 40.8 Å². The van der Waals surface area contributed by atoms with E-state index in [0.717, 1.165) is 11.8 Å². The summed E-state index contributed by atoms with van der Waals surface area (Å²) in [6.07, 6.45) is 0.828. The largest absolute Gasteiger partial charge is 0.493 e. The van der Waals surface area contributed by atoms with Crippen LogP contribution in [0.4, 0.5) is 0 Å². The van der Waals surface area contributed by atoms with E-state index < -0.39 is 0 Å². The van der Waals surface area contributed by atoms with Gasteiger partial charge in [0.1, 0.15) is 5.75 Å². The number of hydrogen-bond donors (Lipinski definition) is 0. The van der Waals surface area contributed by atoms with Gasteiger partial charge in [0.05, 0.1) is 12.2 Å². The molecule has 88 valence electrons. The van der Waals surface area contributed by atoms with E-state index in [2.05, 4.69) is 19.1 Å². The molecule has 0 radical (unpaired) electrons. The Labute approximate surface area is 105 Å². The third-order valence-corrected chi connectivity index (χ3v) is 3.52. The molecule has 1 aromatic heterocycles. The molecule has 17 heavy (non-hydrogen) atoms. The number of rotatable bonds is 4. The van der Waals surface area contributed by atoms with Gasteiger partial charge in [-0.2, -0.15) is 0 Å². The molecule has 1 heterocycles. The first kappa shape index (κ1) is 11.9. The Morgan fingerprint density at radius 3 is 2.71 bits per heavy atom. The van der Waals surface area contributed by atoms with Crippen LogP contribution in [0.3, 0.4) is 0 Å². The molecule has 0 N–H and O–H groups in total. The highest BCUT2D eigenvalue weighted by atomic mass is 32.1. The molecule has 0 fully saturated rings. The van der Waals surface area contributed by atoms with Crippen LogP contribution in [0.25, 0.3) is 10.4 Å². The van der Waals surface area contributed by atoms with Gasteiger partial charge in [-0.15, -0.1) is 11.3 Å². The summed E-state index contributed by atoms with van der Waals surface area (Å²) in [4.78, 5) is 13.3. The molecule has 2 rings (SSSR count). The number of hydrogen-bond acceptors (Lipinski definition) is 3. The van der Waals surface area contributed by atoms with Crippen molar-refractivity contribution in [3.63, 3.8) is 0 Å².